The highest BCUT2D eigenvalue weighted by atomic mass is 16.5. The molecule has 1 aliphatic rings. The van der Waals surface area contributed by atoms with E-state index in [4.69, 9.17) is 9.47 Å². The summed E-state index contributed by atoms with van der Waals surface area (Å²) in [5, 5.41) is 13.1. The molecule has 2 atom stereocenters. The molecule has 0 aliphatic carbocycles. The Bertz CT molecular complexity index is 214. The first-order valence-electron chi connectivity index (χ1n) is 6.87. The SMILES string of the molecule is CC(C)OCCOCC(O)CNC1CCN(C)C1. The van der Waals surface area contributed by atoms with E-state index in [9.17, 15) is 5.11 Å². The number of hydrogen-bond donors (Lipinski definition) is 2. The number of nitrogens with one attached hydrogen (secondary N) is 1. The predicted octanol–water partition coefficient (Wildman–Crippen LogP) is 0.0826. The fourth-order valence-corrected chi connectivity index (χ4v) is 2.03. The molecule has 18 heavy (non-hydrogen) atoms. The molecular weight excluding hydrogens is 232 g/mol. The van der Waals surface area contributed by atoms with Gasteiger partial charge in [-0.15, -0.1) is 0 Å². The molecule has 1 fully saturated rings. The quantitative estimate of drug-likeness (QED) is 0.575. The van der Waals surface area contributed by atoms with E-state index in [-0.39, 0.29) is 6.10 Å². The fraction of sp³-hybridized carbons (Fsp3) is 1.00. The van der Waals surface area contributed by atoms with Gasteiger partial charge in [0.25, 0.3) is 0 Å². The minimum atomic E-state index is -0.435. The van der Waals surface area contributed by atoms with Crippen molar-refractivity contribution in [3.63, 3.8) is 0 Å². The maximum atomic E-state index is 9.74. The monoisotopic (exact) mass is 260 g/mol. The molecule has 1 aliphatic heterocycles. The van der Waals surface area contributed by atoms with Crippen molar-refractivity contribution in [3.8, 4) is 0 Å². The summed E-state index contributed by atoms with van der Waals surface area (Å²) in [5.41, 5.74) is 0. The number of rotatable bonds is 9. The van der Waals surface area contributed by atoms with Crippen LogP contribution in [0.4, 0.5) is 0 Å². The summed E-state index contributed by atoms with van der Waals surface area (Å²) in [4.78, 5) is 2.30. The van der Waals surface area contributed by atoms with E-state index in [0.717, 1.165) is 19.5 Å². The van der Waals surface area contributed by atoms with Gasteiger partial charge < -0.3 is 24.8 Å². The van der Waals surface area contributed by atoms with Crippen LogP contribution in [0.25, 0.3) is 0 Å². The summed E-state index contributed by atoms with van der Waals surface area (Å²) >= 11 is 0. The van der Waals surface area contributed by atoms with Crippen LogP contribution >= 0.6 is 0 Å². The third kappa shape index (κ3) is 7.28. The Labute approximate surface area is 110 Å². The molecule has 0 aromatic carbocycles. The van der Waals surface area contributed by atoms with E-state index in [1.54, 1.807) is 0 Å². The second-order valence-electron chi connectivity index (χ2n) is 5.30. The van der Waals surface area contributed by atoms with Gasteiger partial charge >= 0.3 is 0 Å². The molecule has 0 radical (unpaired) electrons. The predicted molar refractivity (Wildman–Crippen MR) is 71.8 cm³/mol. The second-order valence-corrected chi connectivity index (χ2v) is 5.30. The molecule has 0 saturated carbocycles. The van der Waals surface area contributed by atoms with Crippen molar-refractivity contribution in [1.82, 2.24) is 10.2 Å². The normalized spacial score (nSPS) is 22.8. The minimum absolute atomic E-state index is 0.236. The Morgan fingerprint density at radius 1 is 1.39 bits per heavy atom. The number of aliphatic hydroxyl groups excluding tert-OH is 1. The largest absolute Gasteiger partial charge is 0.389 e. The molecule has 108 valence electrons. The highest BCUT2D eigenvalue weighted by Gasteiger charge is 2.19. The molecule has 1 heterocycles. The lowest BCUT2D eigenvalue weighted by molar-refractivity contribution is -0.0104. The van der Waals surface area contributed by atoms with Gasteiger partial charge in [0, 0.05) is 19.1 Å². The highest BCUT2D eigenvalue weighted by molar-refractivity contribution is 4.79. The van der Waals surface area contributed by atoms with Gasteiger partial charge in [-0.05, 0) is 33.9 Å². The number of aliphatic hydroxyl groups is 1. The first-order valence-corrected chi connectivity index (χ1v) is 6.87. The molecule has 2 N–H and O–H groups in total. The standard InChI is InChI=1S/C13H28N2O3/c1-11(2)18-7-6-17-10-13(16)8-14-12-4-5-15(3)9-12/h11-14,16H,4-10H2,1-3H3. The first kappa shape index (κ1) is 15.9. The van der Waals surface area contributed by atoms with Crippen molar-refractivity contribution in [2.24, 2.45) is 0 Å². The molecule has 5 heteroatoms. The van der Waals surface area contributed by atoms with Gasteiger partial charge in [0.05, 0.1) is 32.0 Å². The number of likely N-dealkylation sites (N-methyl/N-ethyl adjacent to an activating group) is 1. The Morgan fingerprint density at radius 2 is 2.17 bits per heavy atom. The van der Waals surface area contributed by atoms with Crippen LogP contribution in [-0.2, 0) is 9.47 Å². The number of hydrogen-bond acceptors (Lipinski definition) is 5. The van der Waals surface area contributed by atoms with Crippen molar-refractivity contribution in [1.29, 1.82) is 0 Å². The fourth-order valence-electron chi connectivity index (χ4n) is 2.03. The van der Waals surface area contributed by atoms with Gasteiger partial charge in [-0.3, -0.25) is 0 Å². The summed E-state index contributed by atoms with van der Waals surface area (Å²) in [6.45, 7) is 8.30. The van der Waals surface area contributed by atoms with Gasteiger partial charge in [0.15, 0.2) is 0 Å². The van der Waals surface area contributed by atoms with Crippen LogP contribution in [0, 0.1) is 0 Å². The number of likely N-dealkylation sites (tertiary alicyclic amines) is 1. The summed E-state index contributed by atoms with van der Waals surface area (Å²) in [6, 6.07) is 0.508. The molecule has 0 spiro atoms. The van der Waals surface area contributed by atoms with E-state index in [0.29, 0.717) is 32.4 Å². The minimum Gasteiger partial charge on any atom is -0.389 e. The Kier molecular flexibility index (Phi) is 7.77. The van der Waals surface area contributed by atoms with Crippen molar-refractivity contribution in [2.75, 3.05) is 46.5 Å². The van der Waals surface area contributed by atoms with Gasteiger partial charge in [0.1, 0.15) is 0 Å². The van der Waals surface area contributed by atoms with Crippen LogP contribution in [0.5, 0.6) is 0 Å². The van der Waals surface area contributed by atoms with E-state index in [2.05, 4.69) is 17.3 Å². The van der Waals surface area contributed by atoms with E-state index in [1.165, 1.54) is 0 Å². The van der Waals surface area contributed by atoms with Crippen molar-refractivity contribution in [3.05, 3.63) is 0 Å². The van der Waals surface area contributed by atoms with Gasteiger partial charge in [-0.1, -0.05) is 0 Å². The first-order chi connectivity index (χ1) is 8.58. The van der Waals surface area contributed by atoms with Gasteiger partial charge in [-0.2, -0.15) is 0 Å². The lowest BCUT2D eigenvalue weighted by Gasteiger charge is -2.16. The number of nitrogens with zero attached hydrogens (tertiary/aromatic N) is 1. The lowest BCUT2D eigenvalue weighted by Crippen LogP contribution is -2.38. The summed E-state index contributed by atoms with van der Waals surface area (Å²) in [5.74, 6) is 0. The van der Waals surface area contributed by atoms with E-state index in [1.807, 2.05) is 13.8 Å². The zero-order valence-electron chi connectivity index (χ0n) is 11.9. The Balaban J connectivity index is 1.92. The number of ether oxygens (including phenoxy) is 2. The molecular formula is C13H28N2O3. The maximum Gasteiger partial charge on any atom is 0.0897 e. The van der Waals surface area contributed by atoms with Crippen LogP contribution in [0.1, 0.15) is 20.3 Å². The van der Waals surface area contributed by atoms with E-state index >= 15 is 0 Å². The third-order valence-corrected chi connectivity index (χ3v) is 3.02. The highest BCUT2D eigenvalue weighted by Crippen LogP contribution is 2.05. The lowest BCUT2D eigenvalue weighted by atomic mass is 10.2. The molecule has 0 aromatic heterocycles. The Morgan fingerprint density at radius 3 is 2.78 bits per heavy atom. The molecule has 1 saturated heterocycles. The summed E-state index contributed by atoms with van der Waals surface area (Å²) in [7, 11) is 2.12. The van der Waals surface area contributed by atoms with Crippen LogP contribution in [0.3, 0.4) is 0 Å². The molecule has 0 bridgehead atoms. The van der Waals surface area contributed by atoms with Crippen LogP contribution in [0.15, 0.2) is 0 Å². The second kappa shape index (κ2) is 8.82. The van der Waals surface area contributed by atoms with Crippen molar-refractivity contribution < 1.29 is 14.6 Å². The zero-order valence-corrected chi connectivity index (χ0v) is 11.9. The van der Waals surface area contributed by atoms with Crippen LogP contribution in [-0.4, -0.2) is 74.8 Å². The average Bonchev–Trinajstić information content (AvgIpc) is 2.71. The Hall–Kier alpha value is -0.200. The molecule has 1 rings (SSSR count). The molecule has 2 unspecified atom stereocenters. The summed E-state index contributed by atoms with van der Waals surface area (Å²) < 4.78 is 10.7. The maximum absolute atomic E-state index is 9.74. The summed E-state index contributed by atoms with van der Waals surface area (Å²) in [6.07, 6.45) is 0.959. The van der Waals surface area contributed by atoms with Crippen LogP contribution in [0.2, 0.25) is 0 Å². The topological polar surface area (TPSA) is 54.0 Å². The zero-order chi connectivity index (χ0) is 13.4. The average molecular weight is 260 g/mol. The van der Waals surface area contributed by atoms with Crippen molar-refractivity contribution in [2.45, 2.75) is 38.5 Å². The third-order valence-electron chi connectivity index (χ3n) is 3.02. The van der Waals surface area contributed by atoms with Gasteiger partial charge in [-0.25, -0.2) is 0 Å². The smallest absolute Gasteiger partial charge is 0.0897 e. The molecule has 0 amide bonds. The molecule has 0 aromatic rings. The molecule has 5 nitrogen and oxygen atoms in total. The van der Waals surface area contributed by atoms with E-state index < -0.39 is 6.10 Å². The van der Waals surface area contributed by atoms with Gasteiger partial charge in [0.2, 0.25) is 0 Å². The van der Waals surface area contributed by atoms with Crippen LogP contribution < -0.4 is 5.32 Å². The van der Waals surface area contributed by atoms with Crippen molar-refractivity contribution >= 4 is 0 Å².